The van der Waals surface area contributed by atoms with E-state index in [4.69, 9.17) is 14.8 Å². The minimum atomic E-state index is -4.17. The van der Waals surface area contributed by atoms with Gasteiger partial charge in [0.2, 0.25) is 5.09 Å². The zero-order chi connectivity index (χ0) is 14.3. The van der Waals surface area contributed by atoms with Crippen LogP contribution in [0.3, 0.4) is 0 Å². The third-order valence-electron chi connectivity index (χ3n) is 2.62. The quantitative estimate of drug-likeness (QED) is 0.424. The molecule has 0 saturated heterocycles. The third kappa shape index (κ3) is 2.02. The molecule has 1 unspecified atom stereocenters. The second kappa shape index (κ2) is 4.40. The van der Waals surface area contributed by atoms with E-state index in [9.17, 15) is 13.2 Å². The van der Waals surface area contributed by atoms with Crippen molar-refractivity contribution < 1.29 is 28.0 Å². The maximum Gasteiger partial charge on any atom is 0.295 e. The van der Waals surface area contributed by atoms with Crippen molar-refractivity contribution in [3.63, 3.8) is 0 Å². The van der Waals surface area contributed by atoms with Crippen molar-refractivity contribution in [3.05, 3.63) is 17.9 Å². The number of rotatable bonds is 4. The van der Waals surface area contributed by atoms with Crippen LogP contribution in [0, 0.1) is 0 Å². The second-order valence-electron chi connectivity index (χ2n) is 3.85. The van der Waals surface area contributed by atoms with Gasteiger partial charge in [0.25, 0.3) is 15.9 Å². The van der Waals surface area contributed by atoms with Gasteiger partial charge in [-0.25, -0.2) is 13.8 Å². The van der Waals surface area contributed by atoms with Gasteiger partial charge in [-0.1, -0.05) is 4.89 Å². The molecule has 1 aliphatic heterocycles. The lowest BCUT2D eigenvalue weighted by Crippen LogP contribution is -2.53. The van der Waals surface area contributed by atoms with Crippen molar-refractivity contribution in [2.75, 3.05) is 0 Å². The van der Waals surface area contributed by atoms with Crippen molar-refractivity contribution in [2.45, 2.75) is 17.6 Å². The highest BCUT2D eigenvalue weighted by atomic mass is 32.2. The Kier molecular flexibility index (Phi) is 3.15. The predicted octanol–water partition coefficient (Wildman–Crippen LogP) is -1.48. The molecule has 11 heteroatoms. The number of carbonyl (C=O) groups is 1. The van der Waals surface area contributed by atoms with Gasteiger partial charge < -0.3 is 14.8 Å². The topological polar surface area (TPSA) is 153 Å². The lowest BCUT2D eigenvalue weighted by Gasteiger charge is -2.18. The van der Waals surface area contributed by atoms with Crippen LogP contribution in [0.5, 0.6) is 0 Å². The number of furan rings is 1. The molecule has 10 nitrogen and oxygen atoms in total. The Labute approximate surface area is 107 Å². The standard InChI is InChI=1S/C8H10N4O6S/c1-8(11-14)6(9-10-7(8)13)4-2-3-5(18-4)19(16,17)12-15/h2-3,11-12,14-15H,1H3,(H,10,13). The average molecular weight is 290 g/mol. The molecule has 0 saturated carbocycles. The summed E-state index contributed by atoms with van der Waals surface area (Å²) in [6.07, 6.45) is 0. The molecule has 2 heterocycles. The molecular weight excluding hydrogens is 280 g/mol. The van der Waals surface area contributed by atoms with Crippen LogP contribution >= 0.6 is 0 Å². The maximum atomic E-state index is 11.5. The fraction of sp³-hybridized carbons (Fsp3) is 0.250. The van der Waals surface area contributed by atoms with E-state index in [1.807, 2.05) is 0 Å². The summed E-state index contributed by atoms with van der Waals surface area (Å²) >= 11 is 0. The fourth-order valence-electron chi connectivity index (χ4n) is 1.48. The molecular formula is C8H10N4O6S. The predicted molar refractivity (Wildman–Crippen MR) is 58.8 cm³/mol. The molecule has 1 atom stereocenters. The van der Waals surface area contributed by atoms with E-state index < -0.39 is 26.6 Å². The molecule has 1 amide bonds. The highest BCUT2D eigenvalue weighted by Crippen LogP contribution is 2.22. The fourth-order valence-corrected chi connectivity index (χ4v) is 2.02. The zero-order valence-electron chi connectivity index (χ0n) is 9.54. The molecule has 2 rings (SSSR count). The first-order chi connectivity index (χ1) is 8.85. The molecule has 104 valence electrons. The first kappa shape index (κ1) is 13.6. The van der Waals surface area contributed by atoms with Gasteiger partial charge in [-0.15, -0.1) is 0 Å². The smallest absolute Gasteiger partial charge is 0.295 e. The number of hydrogen-bond donors (Lipinski definition) is 5. The van der Waals surface area contributed by atoms with Gasteiger partial charge in [-0.2, -0.15) is 10.6 Å². The number of carbonyl (C=O) groups excluding carboxylic acids is 1. The minimum absolute atomic E-state index is 0.0283. The molecule has 0 radical (unpaired) electrons. The Morgan fingerprint density at radius 2 is 2.11 bits per heavy atom. The Balaban J connectivity index is 2.43. The molecule has 19 heavy (non-hydrogen) atoms. The molecule has 1 aromatic heterocycles. The molecule has 1 aromatic rings. The highest BCUT2D eigenvalue weighted by molar-refractivity contribution is 7.89. The summed E-state index contributed by atoms with van der Waals surface area (Å²) in [6, 6.07) is 2.30. The van der Waals surface area contributed by atoms with Crippen molar-refractivity contribution >= 4 is 21.6 Å². The Morgan fingerprint density at radius 3 is 2.68 bits per heavy atom. The van der Waals surface area contributed by atoms with Gasteiger partial charge in [-0.3, -0.25) is 4.79 Å². The van der Waals surface area contributed by atoms with Crippen LogP contribution in [-0.4, -0.2) is 36.0 Å². The highest BCUT2D eigenvalue weighted by Gasteiger charge is 2.45. The van der Waals surface area contributed by atoms with Crippen molar-refractivity contribution in [3.8, 4) is 0 Å². The molecule has 0 bridgehead atoms. The van der Waals surface area contributed by atoms with E-state index >= 15 is 0 Å². The first-order valence-corrected chi connectivity index (χ1v) is 6.39. The van der Waals surface area contributed by atoms with Gasteiger partial charge in [0.05, 0.1) is 0 Å². The summed E-state index contributed by atoms with van der Waals surface area (Å²) < 4.78 is 27.5. The first-order valence-electron chi connectivity index (χ1n) is 4.91. The minimum Gasteiger partial charge on any atom is -0.442 e. The summed E-state index contributed by atoms with van der Waals surface area (Å²) in [7, 11) is -4.17. The number of hydrogen-bond acceptors (Lipinski definition) is 8. The van der Waals surface area contributed by atoms with E-state index in [1.54, 1.807) is 5.48 Å². The van der Waals surface area contributed by atoms with Gasteiger partial charge in [-0.05, 0) is 19.1 Å². The van der Waals surface area contributed by atoms with Crippen LogP contribution < -0.4 is 15.8 Å². The van der Waals surface area contributed by atoms with Crippen molar-refractivity contribution in [1.82, 2.24) is 15.8 Å². The molecule has 1 aliphatic rings. The van der Waals surface area contributed by atoms with Crippen LogP contribution in [0.15, 0.2) is 26.7 Å². The monoisotopic (exact) mass is 290 g/mol. The van der Waals surface area contributed by atoms with Gasteiger partial charge in [0, 0.05) is 0 Å². The second-order valence-corrected chi connectivity index (χ2v) is 5.44. The van der Waals surface area contributed by atoms with Crippen LogP contribution in [0.4, 0.5) is 0 Å². The normalized spacial score (nSPS) is 23.3. The van der Waals surface area contributed by atoms with E-state index in [0.717, 1.165) is 11.0 Å². The summed E-state index contributed by atoms with van der Waals surface area (Å²) in [5, 5.41) is 20.6. The summed E-state index contributed by atoms with van der Waals surface area (Å²) in [4.78, 5) is 12.6. The van der Waals surface area contributed by atoms with E-state index in [0.29, 0.717) is 0 Å². The molecule has 0 aliphatic carbocycles. The lowest BCUT2D eigenvalue weighted by atomic mass is 9.95. The zero-order valence-corrected chi connectivity index (χ0v) is 10.4. The summed E-state index contributed by atoms with van der Waals surface area (Å²) in [5.41, 5.74) is 2.31. The number of sulfonamides is 1. The van der Waals surface area contributed by atoms with Crippen molar-refractivity contribution in [2.24, 2.45) is 5.10 Å². The van der Waals surface area contributed by atoms with Crippen LogP contribution in [0.1, 0.15) is 12.7 Å². The van der Waals surface area contributed by atoms with Crippen molar-refractivity contribution in [1.29, 1.82) is 0 Å². The Morgan fingerprint density at radius 1 is 1.42 bits per heavy atom. The van der Waals surface area contributed by atoms with Gasteiger partial charge >= 0.3 is 0 Å². The number of amides is 1. The molecule has 0 spiro atoms. The Hall–Kier alpha value is -1.79. The average Bonchev–Trinajstić information content (AvgIpc) is 2.97. The van der Waals surface area contributed by atoms with Crippen LogP contribution in [0.2, 0.25) is 0 Å². The third-order valence-corrected chi connectivity index (χ3v) is 3.61. The van der Waals surface area contributed by atoms with E-state index in [2.05, 4.69) is 10.5 Å². The summed E-state index contributed by atoms with van der Waals surface area (Å²) in [5.74, 6) is -0.692. The SMILES string of the molecule is CC1(NO)C(=O)NN=C1c1ccc(S(=O)(=O)NO)o1. The lowest BCUT2D eigenvalue weighted by molar-refractivity contribution is -0.126. The Bertz CT molecular complexity index is 650. The number of nitrogens with zero attached hydrogens (tertiary/aromatic N) is 1. The molecule has 5 N–H and O–H groups in total. The van der Waals surface area contributed by atoms with Gasteiger partial charge in [0.1, 0.15) is 5.71 Å². The number of hydrazone groups is 1. The van der Waals surface area contributed by atoms with Crippen LogP contribution in [0.25, 0.3) is 0 Å². The molecule has 0 aromatic carbocycles. The van der Waals surface area contributed by atoms with Crippen LogP contribution in [-0.2, 0) is 14.8 Å². The van der Waals surface area contributed by atoms with E-state index in [1.165, 1.54) is 13.0 Å². The number of hydroxylamine groups is 1. The van der Waals surface area contributed by atoms with E-state index in [-0.39, 0.29) is 11.5 Å². The van der Waals surface area contributed by atoms with Gasteiger partial charge in [0.15, 0.2) is 11.3 Å². The summed E-state index contributed by atoms with van der Waals surface area (Å²) in [6.45, 7) is 1.33. The maximum absolute atomic E-state index is 11.5. The molecule has 0 fully saturated rings. The largest absolute Gasteiger partial charge is 0.442 e. The number of nitrogens with one attached hydrogen (secondary N) is 3.